The van der Waals surface area contributed by atoms with Gasteiger partial charge in [0.2, 0.25) is 0 Å². The monoisotopic (exact) mass is 413 g/mol. The smallest absolute Gasteiger partial charge is 0.190 e. The Morgan fingerprint density at radius 3 is 2.72 bits per heavy atom. The molecular formula is C21H23N3O4S. The van der Waals surface area contributed by atoms with Gasteiger partial charge in [-0.1, -0.05) is 23.9 Å². The Balaban J connectivity index is 1.61. The van der Waals surface area contributed by atoms with Gasteiger partial charge in [-0.3, -0.25) is 4.79 Å². The summed E-state index contributed by atoms with van der Waals surface area (Å²) in [5, 5.41) is 14.9. The lowest BCUT2D eigenvalue weighted by Crippen LogP contribution is -2.20. The van der Waals surface area contributed by atoms with Gasteiger partial charge in [-0.05, 0) is 37.3 Å². The van der Waals surface area contributed by atoms with E-state index in [2.05, 4.69) is 15.3 Å². The van der Waals surface area contributed by atoms with E-state index in [-0.39, 0.29) is 12.4 Å². The van der Waals surface area contributed by atoms with Crippen molar-refractivity contribution >= 4 is 34.3 Å². The van der Waals surface area contributed by atoms with E-state index in [0.717, 1.165) is 16.7 Å². The van der Waals surface area contributed by atoms with E-state index in [1.165, 1.54) is 25.8 Å². The lowest BCUT2D eigenvalue weighted by molar-refractivity contribution is 0.101. The Morgan fingerprint density at radius 1 is 1.21 bits per heavy atom. The van der Waals surface area contributed by atoms with Crippen molar-refractivity contribution in [3.8, 4) is 11.5 Å². The summed E-state index contributed by atoms with van der Waals surface area (Å²) in [6.07, 6.45) is -0.731. The van der Waals surface area contributed by atoms with E-state index in [1.807, 2.05) is 31.3 Å². The summed E-state index contributed by atoms with van der Waals surface area (Å²) < 4.78 is 10.9. The SMILES string of the molecule is CNc1nc(SCC(O)COc2ccc(C(C)=O)cc2OC)nc2ccccc12. The highest BCUT2D eigenvalue weighted by atomic mass is 32.2. The summed E-state index contributed by atoms with van der Waals surface area (Å²) in [5.74, 6) is 1.99. The minimum Gasteiger partial charge on any atom is -0.493 e. The first kappa shape index (κ1) is 20.9. The number of anilines is 1. The average Bonchev–Trinajstić information content (AvgIpc) is 2.75. The fourth-order valence-corrected chi connectivity index (χ4v) is 3.48. The number of Topliss-reactive ketones (excluding diaryl/α,β-unsaturated/α-hetero) is 1. The van der Waals surface area contributed by atoms with Gasteiger partial charge in [-0.15, -0.1) is 0 Å². The van der Waals surface area contributed by atoms with Crippen molar-refractivity contribution in [1.82, 2.24) is 9.97 Å². The molecule has 0 aliphatic carbocycles. The summed E-state index contributed by atoms with van der Waals surface area (Å²) in [4.78, 5) is 20.5. The predicted octanol–water partition coefficient (Wildman–Crippen LogP) is 3.41. The number of methoxy groups -OCH3 is 1. The van der Waals surface area contributed by atoms with Crippen molar-refractivity contribution in [2.45, 2.75) is 18.2 Å². The first-order valence-electron chi connectivity index (χ1n) is 9.09. The highest BCUT2D eigenvalue weighted by Gasteiger charge is 2.13. The highest BCUT2D eigenvalue weighted by Crippen LogP contribution is 2.29. The number of rotatable bonds is 9. The number of fused-ring (bicyclic) bond motifs is 1. The number of para-hydroxylation sites is 1. The van der Waals surface area contributed by atoms with Crippen LogP contribution in [0.3, 0.4) is 0 Å². The van der Waals surface area contributed by atoms with Crippen LogP contribution in [-0.2, 0) is 0 Å². The summed E-state index contributed by atoms with van der Waals surface area (Å²) in [5.41, 5.74) is 1.38. The molecule has 0 aliphatic heterocycles. The molecule has 0 radical (unpaired) electrons. The first-order chi connectivity index (χ1) is 14.0. The first-order valence-corrected chi connectivity index (χ1v) is 10.1. The van der Waals surface area contributed by atoms with Gasteiger partial charge in [0.15, 0.2) is 22.4 Å². The molecule has 0 amide bonds. The highest BCUT2D eigenvalue weighted by molar-refractivity contribution is 7.99. The second-order valence-corrected chi connectivity index (χ2v) is 7.31. The molecule has 0 bridgehead atoms. The van der Waals surface area contributed by atoms with Crippen molar-refractivity contribution in [2.75, 3.05) is 31.8 Å². The molecule has 0 spiro atoms. The number of nitrogens with zero attached hydrogens (tertiary/aromatic N) is 2. The maximum absolute atomic E-state index is 11.5. The number of aromatic nitrogens is 2. The molecule has 1 unspecified atom stereocenters. The number of aliphatic hydroxyl groups is 1. The molecule has 1 aromatic heterocycles. The molecule has 2 N–H and O–H groups in total. The second kappa shape index (κ2) is 9.58. The molecule has 3 rings (SSSR count). The number of hydrogen-bond acceptors (Lipinski definition) is 8. The molecule has 0 aliphatic rings. The molecule has 0 saturated heterocycles. The zero-order valence-electron chi connectivity index (χ0n) is 16.5. The Hall–Kier alpha value is -2.84. The molecule has 1 atom stereocenters. The molecular weight excluding hydrogens is 390 g/mol. The number of nitrogens with one attached hydrogen (secondary N) is 1. The lowest BCUT2D eigenvalue weighted by Gasteiger charge is -2.15. The van der Waals surface area contributed by atoms with Gasteiger partial charge in [0, 0.05) is 23.8 Å². The Bertz CT molecular complexity index is 1010. The van der Waals surface area contributed by atoms with Gasteiger partial charge >= 0.3 is 0 Å². The van der Waals surface area contributed by atoms with Crippen LogP contribution >= 0.6 is 11.8 Å². The van der Waals surface area contributed by atoms with Crippen LogP contribution in [0.25, 0.3) is 10.9 Å². The van der Waals surface area contributed by atoms with Crippen LogP contribution in [0.2, 0.25) is 0 Å². The van der Waals surface area contributed by atoms with Gasteiger partial charge in [-0.25, -0.2) is 9.97 Å². The van der Waals surface area contributed by atoms with Gasteiger partial charge in [0.1, 0.15) is 12.4 Å². The third-order valence-electron chi connectivity index (χ3n) is 4.23. The molecule has 3 aromatic rings. The minimum absolute atomic E-state index is 0.0531. The molecule has 152 valence electrons. The molecule has 8 heteroatoms. The van der Waals surface area contributed by atoms with Crippen LogP contribution in [0, 0.1) is 0 Å². The van der Waals surface area contributed by atoms with Crippen LogP contribution in [0.4, 0.5) is 5.82 Å². The molecule has 1 heterocycles. The minimum atomic E-state index is -0.731. The maximum Gasteiger partial charge on any atom is 0.190 e. The third-order valence-corrected chi connectivity index (χ3v) is 5.22. The Kier molecular flexibility index (Phi) is 6.90. The van der Waals surface area contributed by atoms with E-state index >= 15 is 0 Å². The van der Waals surface area contributed by atoms with Gasteiger partial charge in [-0.2, -0.15) is 0 Å². The predicted molar refractivity (Wildman–Crippen MR) is 114 cm³/mol. The Morgan fingerprint density at radius 2 is 2.00 bits per heavy atom. The molecule has 7 nitrogen and oxygen atoms in total. The zero-order chi connectivity index (χ0) is 20.8. The van der Waals surface area contributed by atoms with Crippen LogP contribution in [-0.4, -0.2) is 53.5 Å². The van der Waals surface area contributed by atoms with Gasteiger partial charge in [0.05, 0.1) is 18.7 Å². The summed E-state index contributed by atoms with van der Waals surface area (Å²) in [6, 6.07) is 12.7. The number of benzene rings is 2. The van der Waals surface area contributed by atoms with Crippen LogP contribution in [0.1, 0.15) is 17.3 Å². The summed E-state index contributed by atoms with van der Waals surface area (Å²) >= 11 is 1.36. The summed E-state index contributed by atoms with van der Waals surface area (Å²) in [7, 11) is 3.32. The fourth-order valence-electron chi connectivity index (χ4n) is 2.72. The lowest BCUT2D eigenvalue weighted by atomic mass is 10.1. The van der Waals surface area contributed by atoms with Crippen LogP contribution in [0.5, 0.6) is 11.5 Å². The van der Waals surface area contributed by atoms with E-state index in [4.69, 9.17) is 9.47 Å². The number of carbonyl (C=O) groups excluding carboxylic acids is 1. The molecule has 2 aromatic carbocycles. The normalized spacial score (nSPS) is 11.9. The quantitative estimate of drug-likeness (QED) is 0.313. The largest absolute Gasteiger partial charge is 0.493 e. The van der Waals surface area contributed by atoms with E-state index in [0.29, 0.717) is 28.0 Å². The standard InChI is InChI=1S/C21H23N3O4S/c1-13(25)14-8-9-18(19(10-14)27-3)28-11-15(26)12-29-21-23-17-7-5-4-6-16(17)20(22-2)24-21/h4-10,15,26H,11-12H2,1-3H3,(H,22,23,24). The van der Waals surface area contributed by atoms with Gasteiger partial charge < -0.3 is 19.9 Å². The number of ketones is 1. The third kappa shape index (κ3) is 5.16. The number of thioether (sulfide) groups is 1. The number of aliphatic hydroxyl groups excluding tert-OH is 1. The fraction of sp³-hybridized carbons (Fsp3) is 0.286. The van der Waals surface area contributed by atoms with Crippen molar-refractivity contribution in [1.29, 1.82) is 0 Å². The average molecular weight is 413 g/mol. The van der Waals surface area contributed by atoms with E-state index in [9.17, 15) is 9.90 Å². The molecule has 0 saturated carbocycles. The molecule has 0 fully saturated rings. The van der Waals surface area contributed by atoms with E-state index < -0.39 is 6.10 Å². The maximum atomic E-state index is 11.5. The molecule has 29 heavy (non-hydrogen) atoms. The van der Waals surface area contributed by atoms with Crippen LogP contribution in [0.15, 0.2) is 47.6 Å². The number of ether oxygens (including phenoxy) is 2. The van der Waals surface area contributed by atoms with Crippen molar-refractivity contribution < 1.29 is 19.4 Å². The summed E-state index contributed by atoms with van der Waals surface area (Å²) in [6.45, 7) is 1.57. The van der Waals surface area contributed by atoms with Crippen LogP contribution < -0.4 is 14.8 Å². The zero-order valence-corrected chi connectivity index (χ0v) is 17.3. The second-order valence-electron chi connectivity index (χ2n) is 6.32. The van der Waals surface area contributed by atoms with Gasteiger partial charge in [0.25, 0.3) is 0 Å². The Labute approximate surface area is 173 Å². The number of hydrogen-bond donors (Lipinski definition) is 2. The van der Waals surface area contributed by atoms with Crippen molar-refractivity contribution in [3.63, 3.8) is 0 Å². The number of carbonyl (C=O) groups is 1. The van der Waals surface area contributed by atoms with E-state index in [1.54, 1.807) is 18.2 Å². The topological polar surface area (TPSA) is 93.6 Å². The van der Waals surface area contributed by atoms with Crippen molar-refractivity contribution in [2.24, 2.45) is 0 Å². The van der Waals surface area contributed by atoms with Crippen molar-refractivity contribution in [3.05, 3.63) is 48.0 Å².